The largest absolute Gasteiger partial charge is 0.324 e. The Balaban J connectivity index is 2.16. The molecule has 0 saturated heterocycles. The molecule has 1 atom stereocenters. The molecule has 0 amide bonds. The molecular weight excluding hydrogens is 170 g/mol. The van der Waals surface area contributed by atoms with Crippen LogP contribution in [0.4, 0.5) is 0 Å². The van der Waals surface area contributed by atoms with Crippen molar-refractivity contribution in [2.45, 2.75) is 18.9 Å². The average molecular weight is 182 g/mol. The molecule has 1 nitrogen and oxygen atoms in total. The van der Waals surface area contributed by atoms with E-state index in [1.165, 1.54) is 18.4 Å². The maximum atomic E-state index is 6.01. The summed E-state index contributed by atoms with van der Waals surface area (Å²) < 4.78 is 0. The molecule has 1 aliphatic carbocycles. The maximum absolute atomic E-state index is 6.01. The number of benzene rings is 1. The zero-order valence-corrected chi connectivity index (χ0v) is 7.59. The molecule has 1 saturated carbocycles. The second-order valence-electron chi connectivity index (χ2n) is 3.41. The van der Waals surface area contributed by atoms with Gasteiger partial charge in [-0.3, -0.25) is 0 Å². The molecule has 1 fully saturated rings. The van der Waals surface area contributed by atoms with Crippen LogP contribution >= 0.6 is 11.6 Å². The molecule has 2 rings (SSSR count). The van der Waals surface area contributed by atoms with Crippen molar-refractivity contribution in [2.24, 2.45) is 11.7 Å². The molecule has 12 heavy (non-hydrogen) atoms. The molecule has 2 N–H and O–H groups in total. The Labute approximate surface area is 77.5 Å². The molecule has 0 aliphatic heterocycles. The van der Waals surface area contributed by atoms with Gasteiger partial charge in [0.15, 0.2) is 0 Å². The number of halogens is 1. The van der Waals surface area contributed by atoms with Crippen molar-refractivity contribution in [3.05, 3.63) is 34.9 Å². The molecule has 0 unspecified atom stereocenters. The van der Waals surface area contributed by atoms with Gasteiger partial charge in [0.1, 0.15) is 0 Å². The normalized spacial score (nSPS) is 19.2. The summed E-state index contributed by atoms with van der Waals surface area (Å²) in [5, 5.41) is 0.779. The summed E-state index contributed by atoms with van der Waals surface area (Å²) >= 11 is 5.77. The molecule has 0 heterocycles. The Bertz CT molecular complexity index is 264. The Morgan fingerprint density at radius 2 is 1.83 bits per heavy atom. The van der Waals surface area contributed by atoms with Gasteiger partial charge >= 0.3 is 0 Å². The standard InChI is InChI=1S/C10H12ClN/c11-9-5-3-8(4-6-9)10(12)7-1-2-7/h3-7,10H,1-2,12H2/t10-/m0/s1. The van der Waals surface area contributed by atoms with E-state index in [1.54, 1.807) is 0 Å². The minimum Gasteiger partial charge on any atom is -0.324 e. The summed E-state index contributed by atoms with van der Waals surface area (Å²) in [4.78, 5) is 0. The lowest BCUT2D eigenvalue weighted by Gasteiger charge is -2.09. The van der Waals surface area contributed by atoms with Gasteiger partial charge in [-0.2, -0.15) is 0 Å². The van der Waals surface area contributed by atoms with Gasteiger partial charge < -0.3 is 5.73 Å². The molecule has 1 aromatic rings. The summed E-state index contributed by atoms with van der Waals surface area (Å²) in [6.45, 7) is 0. The minimum absolute atomic E-state index is 0.224. The summed E-state index contributed by atoms with van der Waals surface area (Å²) in [6, 6.07) is 8.07. The first-order valence-electron chi connectivity index (χ1n) is 4.28. The number of rotatable bonds is 2. The topological polar surface area (TPSA) is 26.0 Å². The van der Waals surface area contributed by atoms with E-state index in [0.717, 1.165) is 5.02 Å². The van der Waals surface area contributed by atoms with Crippen molar-refractivity contribution in [3.8, 4) is 0 Å². The van der Waals surface area contributed by atoms with Gasteiger partial charge in [0.25, 0.3) is 0 Å². The van der Waals surface area contributed by atoms with Crippen LogP contribution in [-0.2, 0) is 0 Å². The monoisotopic (exact) mass is 181 g/mol. The highest BCUT2D eigenvalue weighted by Gasteiger charge is 2.29. The Morgan fingerprint density at radius 1 is 1.25 bits per heavy atom. The second-order valence-corrected chi connectivity index (χ2v) is 3.85. The van der Waals surface area contributed by atoms with E-state index in [4.69, 9.17) is 17.3 Å². The Kier molecular flexibility index (Phi) is 2.07. The van der Waals surface area contributed by atoms with Crippen molar-refractivity contribution in [1.29, 1.82) is 0 Å². The van der Waals surface area contributed by atoms with Crippen LogP contribution in [0.2, 0.25) is 5.02 Å². The highest BCUT2D eigenvalue weighted by atomic mass is 35.5. The lowest BCUT2D eigenvalue weighted by Crippen LogP contribution is -2.11. The number of hydrogen-bond acceptors (Lipinski definition) is 1. The molecule has 0 spiro atoms. The maximum Gasteiger partial charge on any atom is 0.0406 e. The predicted molar refractivity (Wildman–Crippen MR) is 51.1 cm³/mol. The van der Waals surface area contributed by atoms with Gasteiger partial charge in [-0.15, -0.1) is 0 Å². The molecule has 1 aliphatic rings. The van der Waals surface area contributed by atoms with Gasteiger partial charge in [0.2, 0.25) is 0 Å². The van der Waals surface area contributed by atoms with Gasteiger partial charge in [-0.05, 0) is 36.5 Å². The van der Waals surface area contributed by atoms with E-state index in [1.807, 2.05) is 24.3 Å². The summed E-state index contributed by atoms with van der Waals surface area (Å²) in [7, 11) is 0. The van der Waals surface area contributed by atoms with Gasteiger partial charge in [-0.25, -0.2) is 0 Å². The predicted octanol–water partition coefficient (Wildman–Crippen LogP) is 2.75. The number of hydrogen-bond donors (Lipinski definition) is 1. The van der Waals surface area contributed by atoms with Gasteiger partial charge in [0, 0.05) is 11.1 Å². The molecule has 0 radical (unpaired) electrons. The smallest absolute Gasteiger partial charge is 0.0406 e. The van der Waals surface area contributed by atoms with Crippen LogP contribution in [0.3, 0.4) is 0 Å². The summed E-state index contributed by atoms with van der Waals surface area (Å²) in [5.41, 5.74) is 7.22. The average Bonchev–Trinajstić information content (AvgIpc) is 2.87. The van der Waals surface area contributed by atoms with Crippen LogP contribution in [-0.4, -0.2) is 0 Å². The minimum atomic E-state index is 0.224. The van der Waals surface area contributed by atoms with E-state index >= 15 is 0 Å². The SMILES string of the molecule is N[C@H](c1ccc(Cl)cc1)C1CC1. The van der Waals surface area contributed by atoms with E-state index in [0.29, 0.717) is 5.92 Å². The van der Waals surface area contributed by atoms with Crippen molar-refractivity contribution < 1.29 is 0 Å². The van der Waals surface area contributed by atoms with Crippen molar-refractivity contribution >= 4 is 11.6 Å². The highest BCUT2D eigenvalue weighted by molar-refractivity contribution is 6.30. The fourth-order valence-corrected chi connectivity index (χ4v) is 1.54. The lowest BCUT2D eigenvalue weighted by atomic mass is 10.0. The zero-order chi connectivity index (χ0) is 8.55. The summed E-state index contributed by atoms with van der Waals surface area (Å²) in [6.07, 6.45) is 2.56. The molecule has 2 heteroatoms. The molecule has 0 bridgehead atoms. The molecule has 1 aromatic carbocycles. The first kappa shape index (κ1) is 8.09. The van der Waals surface area contributed by atoms with E-state index < -0.39 is 0 Å². The third-order valence-corrected chi connectivity index (χ3v) is 2.64. The van der Waals surface area contributed by atoms with Crippen molar-refractivity contribution in [3.63, 3.8) is 0 Å². The van der Waals surface area contributed by atoms with Crippen molar-refractivity contribution in [2.75, 3.05) is 0 Å². The van der Waals surface area contributed by atoms with Crippen LogP contribution < -0.4 is 5.73 Å². The Hall–Kier alpha value is -0.530. The van der Waals surface area contributed by atoms with E-state index in [-0.39, 0.29) is 6.04 Å². The first-order chi connectivity index (χ1) is 5.77. The van der Waals surface area contributed by atoms with E-state index in [2.05, 4.69) is 0 Å². The molecule has 0 aromatic heterocycles. The third-order valence-electron chi connectivity index (χ3n) is 2.38. The van der Waals surface area contributed by atoms with Crippen LogP contribution in [0.1, 0.15) is 24.4 Å². The first-order valence-corrected chi connectivity index (χ1v) is 4.66. The highest BCUT2D eigenvalue weighted by Crippen LogP contribution is 2.39. The molecule has 64 valence electrons. The summed E-state index contributed by atoms with van der Waals surface area (Å²) in [5.74, 6) is 0.714. The van der Waals surface area contributed by atoms with Gasteiger partial charge in [0.05, 0.1) is 0 Å². The number of nitrogens with two attached hydrogens (primary N) is 1. The van der Waals surface area contributed by atoms with Crippen LogP contribution in [0.25, 0.3) is 0 Å². The molecular formula is C10H12ClN. The zero-order valence-electron chi connectivity index (χ0n) is 6.83. The van der Waals surface area contributed by atoms with Crippen LogP contribution in [0.15, 0.2) is 24.3 Å². The quantitative estimate of drug-likeness (QED) is 0.746. The fraction of sp³-hybridized carbons (Fsp3) is 0.400. The van der Waals surface area contributed by atoms with Crippen molar-refractivity contribution in [1.82, 2.24) is 0 Å². The fourth-order valence-electron chi connectivity index (χ4n) is 1.41. The van der Waals surface area contributed by atoms with E-state index in [9.17, 15) is 0 Å². The van der Waals surface area contributed by atoms with Crippen LogP contribution in [0, 0.1) is 5.92 Å². The third kappa shape index (κ3) is 1.62. The van der Waals surface area contributed by atoms with Gasteiger partial charge in [-0.1, -0.05) is 23.7 Å². The Morgan fingerprint density at radius 3 is 2.33 bits per heavy atom. The second kappa shape index (κ2) is 3.08. The van der Waals surface area contributed by atoms with Crippen LogP contribution in [0.5, 0.6) is 0 Å². The lowest BCUT2D eigenvalue weighted by molar-refractivity contribution is 0.633.